The molecule has 0 aliphatic rings. The lowest BCUT2D eigenvalue weighted by Crippen LogP contribution is -2.38. The van der Waals surface area contributed by atoms with Crippen LogP contribution < -0.4 is 15.9 Å². The molecule has 1 unspecified atom stereocenters. The van der Waals surface area contributed by atoms with E-state index in [4.69, 9.17) is 0 Å². The van der Waals surface area contributed by atoms with Gasteiger partial charge in [-0.25, -0.2) is 4.79 Å². The number of fused-ring (bicyclic) bond motifs is 3. The number of rotatable bonds is 7. The highest BCUT2D eigenvalue weighted by molar-refractivity contribution is 7.95. The fourth-order valence-corrected chi connectivity index (χ4v) is 10.0. The third-order valence-corrected chi connectivity index (χ3v) is 11.7. The van der Waals surface area contributed by atoms with Crippen molar-refractivity contribution in [3.63, 3.8) is 0 Å². The second-order valence-electron chi connectivity index (χ2n) is 9.26. The van der Waals surface area contributed by atoms with E-state index in [0.29, 0.717) is 6.16 Å². The van der Waals surface area contributed by atoms with Gasteiger partial charge in [-0.3, -0.25) is 0 Å². The zero-order chi connectivity index (χ0) is 25.2. The molecule has 0 saturated heterocycles. The maximum Gasteiger partial charge on any atom is 0.330 e. The van der Waals surface area contributed by atoms with E-state index < -0.39 is 19.3 Å². The first-order valence-electron chi connectivity index (χ1n) is 12.5. The van der Waals surface area contributed by atoms with Gasteiger partial charge in [0, 0.05) is 10.8 Å². The molecule has 0 aliphatic carbocycles. The van der Waals surface area contributed by atoms with E-state index in [1.807, 2.05) is 54.6 Å². The lowest BCUT2D eigenvalue weighted by atomic mass is 10.2. The normalized spacial score (nSPS) is 12.5. The van der Waals surface area contributed by atoms with Crippen LogP contribution in [0.15, 0.2) is 140 Å². The number of hydrogen-bond acceptors (Lipinski definition) is 1. The summed E-state index contributed by atoms with van der Waals surface area (Å²) in [6.07, 6.45) is 0.461. The highest BCUT2D eigenvalue weighted by Gasteiger charge is 2.49. The van der Waals surface area contributed by atoms with Gasteiger partial charge in [0.2, 0.25) is 0 Å². The molecule has 1 aromatic heterocycles. The standard InChI is InChI=1S/C33H26NO2P/c35-33(36)32(34-30-22-12-10-20-28(30)29-21-11-13-23-31(29)34)24-37(25-14-4-1-5-15-25,26-16-6-2-7-17-26)27-18-8-3-9-19-27/h1-23,32H,24H2/p+1. The summed E-state index contributed by atoms with van der Waals surface area (Å²) in [7, 11) is -2.36. The minimum absolute atomic E-state index is 0.461. The number of carbonyl (C=O) groups is 1. The number of aromatic nitrogens is 1. The van der Waals surface area contributed by atoms with Crippen molar-refractivity contribution in [2.75, 3.05) is 6.16 Å². The van der Waals surface area contributed by atoms with Crippen molar-refractivity contribution in [3.05, 3.63) is 140 Å². The first kappa shape index (κ1) is 23.2. The Morgan fingerprint density at radius 1 is 0.568 bits per heavy atom. The van der Waals surface area contributed by atoms with Gasteiger partial charge in [0.25, 0.3) is 0 Å². The lowest BCUT2D eigenvalue weighted by Gasteiger charge is -2.31. The van der Waals surface area contributed by atoms with Crippen LogP contribution in [0.4, 0.5) is 0 Å². The molecule has 180 valence electrons. The maximum absolute atomic E-state index is 13.3. The van der Waals surface area contributed by atoms with E-state index >= 15 is 0 Å². The zero-order valence-electron chi connectivity index (χ0n) is 20.3. The van der Waals surface area contributed by atoms with Gasteiger partial charge in [0.05, 0.1) is 11.0 Å². The number of hydrogen-bond donors (Lipinski definition) is 1. The fraction of sp³-hybridized carbons (Fsp3) is 0.0606. The smallest absolute Gasteiger partial charge is 0.330 e. The van der Waals surface area contributed by atoms with Crippen LogP contribution in [0.5, 0.6) is 0 Å². The van der Waals surface area contributed by atoms with Crippen LogP contribution in [0.3, 0.4) is 0 Å². The maximum atomic E-state index is 13.3. The van der Waals surface area contributed by atoms with E-state index in [1.54, 1.807) is 0 Å². The summed E-state index contributed by atoms with van der Waals surface area (Å²) in [5.74, 6) is -0.821. The number of carboxylic acid groups (broad SMARTS) is 1. The topological polar surface area (TPSA) is 42.2 Å². The largest absolute Gasteiger partial charge is 0.480 e. The summed E-state index contributed by atoms with van der Waals surface area (Å²) < 4.78 is 2.05. The van der Waals surface area contributed by atoms with Crippen LogP contribution in [0, 0.1) is 0 Å². The van der Waals surface area contributed by atoms with Gasteiger partial charge in [-0.15, -0.1) is 0 Å². The molecule has 0 fully saturated rings. The van der Waals surface area contributed by atoms with Crippen LogP contribution in [0.2, 0.25) is 0 Å². The van der Waals surface area contributed by atoms with Gasteiger partial charge < -0.3 is 9.67 Å². The minimum Gasteiger partial charge on any atom is -0.480 e. The number of para-hydroxylation sites is 2. The van der Waals surface area contributed by atoms with E-state index in [0.717, 1.165) is 21.8 Å². The zero-order valence-corrected chi connectivity index (χ0v) is 21.2. The van der Waals surface area contributed by atoms with E-state index in [1.165, 1.54) is 15.9 Å². The van der Waals surface area contributed by atoms with Gasteiger partial charge in [-0.2, -0.15) is 0 Å². The number of aliphatic carboxylic acids is 1. The fourth-order valence-electron chi connectivity index (χ4n) is 5.63. The summed E-state index contributed by atoms with van der Waals surface area (Å²) in [5.41, 5.74) is 1.90. The second kappa shape index (κ2) is 9.69. The van der Waals surface area contributed by atoms with Crippen molar-refractivity contribution < 1.29 is 9.90 Å². The monoisotopic (exact) mass is 500 g/mol. The third kappa shape index (κ3) is 3.93. The van der Waals surface area contributed by atoms with Crippen molar-refractivity contribution >= 4 is 51.0 Å². The molecule has 0 bridgehead atoms. The summed E-state index contributed by atoms with van der Waals surface area (Å²) in [6, 6.07) is 46.9. The Bertz CT molecular complexity index is 1530. The highest BCUT2D eigenvalue weighted by atomic mass is 31.2. The van der Waals surface area contributed by atoms with E-state index in [2.05, 4.69) is 89.5 Å². The third-order valence-electron chi connectivity index (χ3n) is 7.25. The molecule has 6 rings (SSSR count). The quantitative estimate of drug-likeness (QED) is 0.257. The molecule has 0 aliphatic heterocycles. The second-order valence-corrected chi connectivity index (χ2v) is 12.8. The summed E-state index contributed by atoms with van der Waals surface area (Å²) in [5, 5.41) is 16.6. The van der Waals surface area contributed by atoms with E-state index in [9.17, 15) is 9.90 Å². The highest BCUT2D eigenvalue weighted by Crippen LogP contribution is 2.57. The van der Waals surface area contributed by atoms with Crippen molar-refractivity contribution in [1.29, 1.82) is 0 Å². The molecule has 37 heavy (non-hydrogen) atoms. The van der Waals surface area contributed by atoms with Crippen LogP contribution in [-0.4, -0.2) is 21.8 Å². The molecule has 0 radical (unpaired) electrons. The van der Waals surface area contributed by atoms with Crippen LogP contribution in [0.1, 0.15) is 6.04 Å². The lowest BCUT2D eigenvalue weighted by molar-refractivity contribution is -0.140. The molecule has 6 aromatic rings. The van der Waals surface area contributed by atoms with Gasteiger partial charge >= 0.3 is 5.97 Å². The summed E-state index contributed by atoms with van der Waals surface area (Å²) in [4.78, 5) is 13.3. The first-order valence-corrected chi connectivity index (χ1v) is 14.4. The Labute approximate surface area is 217 Å². The van der Waals surface area contributed by atoms with Crippen molar-refractivity contribution in [2.45, 2.75) is 6.04 Å². The number of carboxylic acids is 1. The Hall–Kier alpha value is -4.20. The van der Waals surface area contributed by atoms with Gasteiger partial charge in [-0.05, 0) is 48.5 Å². The molecule has 0 amide bonds. The Morgan fingerprint density at radius 2 is 0.919 bits per heavy atom. The Morgan fingerprint density at radius 3 is 1.30 bits per heavy atom. The summed E-state index contributed by atoms with van der Waals surface area (Å²) in [6.45, 7) is 0. The van der Waals surface area contributed by atoms with Crippen molar-refractivity contribution in [3.8, 4) is 0 Å². The number of benzene rings is 5. The van der Waals surface area contributed by atoms with Crippen molar-refractivity contribution in [1.82, 2.24) is 4.57 Å². The summed E-state index contributed by atoms with van der Waals surface area (Å²) >= 11 is 0. The molecule has 1 atom stereocenters. The Kier molecular flexibility index (Phi) is 6.08. The SMILES string of the molecule is O=C(O)C(C[P+](c1ccccc1)(c1ccccc1)c1ccccc1)n1c2ccccc2c2ccccc21. The van der Waals surface area contributed by atoms with Crippen LogP contribution >= 0.6 is 7.26 Å². The molecule has 1 heterocycles. The van der Waals surface area contributed by atoms with E-state index in [-0.39, 0.29) is 0 Å². The van der Waals surface area contributed by atoms with Gasteiger partial charge in [0.15, 0.2) is 6.04 Å². The first-order chi connectivity index (χ1) is 18.2. The minimum atomic E-state index is -2.36. The van der Waals surface area contributed by atoms with Gasteiger partial charge in [0.1, 0.15) is 29.3 Å². The van der Waals surface area contributed by atoms with Gasteiger partial charge in [-0.1, -0.05) is 91.0 Å². The molecule has 0 spiro atoms. The van der Waals surface area contributed by atoms with Crippen molar-refractivity contribution in [2.24, 2.45) is 0 Å². The molecular weight excluding hydrogens is 473 g/mol. The molecule has 4 heteroatoms. The Balaban J connectivity index is 1.67. The number of nitrogens with zero attached hydrogens (tertiary/aromatic N) is 1. The predicted molar refractivity (Wildman–Crippen MR) is 156 cm³/mol. The molecular formula is C33H27NO2P+. The molecule has 3 nitrogen and oxygen atoms in total. The van der Waals surface area contributed by atoms with Crippen LogP contribution in [-0.2, 0) is 4.79 Å². The predicted octanol–water partition coefficient (Wildman–Crippen LogP) is 6.41. The average molecular weight is 501 g/mol. The molecule has 5 aromatic carbocycles. The molecule has 1 N–H and O–H groups in total. The average Bonchev–Trinajstić information content (AvgIpc) is 3.29. The molecule has 0 saturated carbocycles. The van der Waals surface area contributed by atoms with Crippen LogP contribution in [0.25, 0.3) is 21.8 Å².